The summed E-state index contributed by atoms with van der Waals surface area (Å²) in [6.45, 7) is 3.42. The number of carboxylic acids is 1. The van der Waals surface area contributed by atoms with Crippen molar-refractivity contribution in [2.75, 3.05) is 0 Å². The summed E-state index contributed by atoms with van der Waals surface area (Å²) in [6, 6.07) is 0. The minimum Gasteiger partial charge on any atom is -0.481 e. The van der Waals surface area contributed by atoms with E-state index in [1.165, 1.54) is 12.5 Å². The van der Waals surface area contributed by atoms with Crippen LogP contribution >= 0.6 is 0 Å². The van der Waals surface area contributed by atoms with Gasteiger partial charge in [-0.15, -0.1) is 0 Å². The molecule has 0 aliphatic heterocycles. The third-order valence-electron chi connectivity index (χ3n) is 4.41. The van der Waals surface area contributed by atoms with E-state index in [9.17, 15) is 14.4 Å². The van der Waals surface area contributed by atoms with Crippen LogP contribution in [-0.2, 0) is 19.1 Å². The molecule has 1 aliphatic rings. The molecule has 1 rings (SSSR count). The van der Waals surface area contributed by atoms with Gasteiger partial charge in [0.05, 0.1) is 0 Å². The van der Waals surface area contributed by atoms with Crippen LogP contribution in [0.5, 0.6) is 0 Å². The molecule has 5 nitrogen and oxygen atoms in total. The average molecular weight is 350 g/mol. The lowest BCUT2D eigenvalue weighted by Gasteiger charge is -2.16. The molecule has 25 heavy (non-hydrogen) atoms. The highest BCUT2D eigenvalue weighted by Crippen LogP contribution is 2.30. The van der Waals surface area contributed by atoms with Gasteiger partial charge in [0.2, 0.25) is 0 Å². The standard InChI is InChI=1S/C20H30O5/c1-3-4-5-10-18-16(11-13-19(18)22)8-6-7-9-17(25-15(2)21)12-14-20(23)24/h4-5,17H,3,6-14H2,1-2H3,(H,23,24)/b5-4-/t17-/m0/s1. The molecular formula is C20H30O5. The Balaban J connectivity index is 2.44. The number of ketones is 1. The van der Waals surface area contributed by atoms with Crippen LogP contribution in [0.1, 0.15) is 78.1 Å². The quantitative estimate of drug-likeness (QED) is 0.321. The predicted molar refractivity (Wildman–Crippen MR) is 96.2 cm³/mol. The molecule has 1 atom stereocenters. The highest BCUT2D eigenvalue weighted by Gasteiger charge is 2.21. The molecule has 0 unspecified atom stereocenters. The fraction of sp³-hybridized carbons (Fsp3) is 0.650. The first-order chi connectivity index (χ1) is 11.9. The number of unbranched alkanes of at least 4 members (excludes halogenated alkanes) is 1. The maximum absolute atomic E-state index is 12.0. The van der Waals surface area contributed by atoms with Gasteiger partial charge in [0.15, 0.2) is 5.78 Å². The van der Waals surface area contributed by atoms with E-state index in [-0.39, 0.29) is 24.3 Å². The topological polar surface area (TPSA) is 80.7 Å². The van der Waals surface area contributed by atoms with Gasteiger partial charge in [-0.1, -0.05) is 24.6 Å². The van der Waals surface area contributed by atoms with Gasteiger partial charge in [-0.05, 0) is 56.9 Å². The van der Waals surface area contributed by atoms with Crippen LogP contribution in [0.2, 0.25) is 0 Å². The Labute approximate surface area is 150 Å². The number of hydrogen-bond donors (Lipinski definition) is 1. The molecule has 0 saturated carbocycles. The normalized spacial score (nSPS) is 15.8. The van der Waals surface area contributed by atoms with Crippen LogP contribution in [0.15, 0.2) is 23.3 Å². The molecule has 0 bridgehead atoms. The number of esters is 1. The van der Waals surface area contributed by atoms with Crippen LogP contribution < -0.4 is 0 Å². The minimum atomic E-state index is -0.878. The van der Waals surface area contributed by atoms with E-state index in [1.807, 2.05) is 0 Å². The van der Waals surface area contributed by atoms with Crippen LogP contribution in [0.3, 0.4) is 0 Å². The second-order valence-corrected chi connectivity index (χ2v) is 6.50. The summed E-state index contributed by atoms with van der Waals surface area (Å²) in [5.74, 6) is -0.976. The van der Waals surface area contributed by atoms with Crippen LogP contribution in [0, 0.1) is 0 Å². The number of carboxylic acid groups (broad SMARTS) is 1. The van der Waals surface area contributed by atoms with Crippen LogP contribution in [0.4, 0.5) is 0 Å². The molecule has 0 spiro atoms. The lowest BCUT2D eigenvalue weighted by Crippen LogP contribution is -2.17. The van der Waals surface area contributed by atoms with Gasteiger partial charge in [0.1, 0.15) is 6.10 Å². The summed E-state index contributed by atoms with van der Waals surface area (Å²) in [5.41, 5.74) is 2.24. The average Bonchev–Trinajstić information content (AvgIpc) is 2.89. The van der Waals surface area contributed by atoms with E-state index in [4.69, 9.17) is 9.84 Å². The number of allylic oxidation sites excluding steroid dienone is 4. The van der Waals surface area contributed by atoms with Gasteiger partial charge in [0.25, 0.3) is 0 Å². The number of rotatable bonds is 12. The van der Waals surface area contributed by atoms with Crippen molar-refractivity contribution in [3.63, 3.8) is 0 Å². The maximum atomic E-state index is 12.0. The van der Waals surface area contributed by atoms with Gasteiger partial charge in [-0.3, -0.25) is 14.4 Å². The van der Waals surface area contributed by atoms with Crippen molar-refractivity contribution in [1.29, 1.82) is 0 Å². The highest BCUT2D eigenvalue weighted by molar-refractivity contribution is 5.98. The Morgan fingerprint density at radius 2 is 1.96 bits per heavy atom. The number of aliphatic carboxylic acids is 1. The van der Waals surface area contributed by atoms with Crippen molar-refractivity contribution in [1.82, 2.24) is 0 Å². The van der Waals surface area contributed by atoms with Gasteiger partial charge in [0, 0.05) is 19.8 Å². The molecule has 0 aromatic heterocycles. The molecule has 0 radical (unpaired) electrons. The van der Waals surface area contributed by atoms with Crippen molar-refractivity contribution in [2.24, 2.45) is 0 Å². The molecule has 140 valence electrons. The molecule has 0 aromatic rings. The summed E-state index contributed by atoms with van der Waals surface area (Å²) in [4.78, 5) is 33.8. The third-order valence-corrected chi connectivity index (χ3v) is 4.41. The second kappa shape index (κ2) is 11.6. The van der Waals surface area contributed by atoms with Crippen molar-refractivity contribution in [2.45, 2.75) is 84.2 Å². The summed E-state index contributed by atoms with van der Waals surface area (Å²) < 4.78 is 5.20. The monoisotopic (exact) mass is 350 g/mol. The zero-order chi connectivity index (χ0) is 18.7. The summed E-state index contributed by atoms with van der Waals surface area (Å²) in [5, 5.41) is 8.77. The van der Waals surface area contributed by atoms with Crippen molar-refractivity contribution >= 4 is 17.7 Å². The molecule has 0 fully saturated rings. The number of carbonyl (C=O) groups excluding carboxylic acids is 2. The third kappa shape index (κ3) is 8.66. The molecule has 0 heterocycles. The van der Waals surface area contributed by atoms with Gasteiger partial charge < -0.3 is 9.84 Å². The number of ether oxygens (including phenoxy) is 1. The molecule has 0 saturated heterocycles. The van der Waals surface area contributed by atoms with E-state index in [1.54, 1.807) is 0 Å². The van der Waals surface area contributed by atoms with Gasteiger partial charge in [-0.25, -0.2) is 0 Å². The molecule has 1 aliphatic carbocycles. The maximum Gasteiger partial charge on any atom is 0.303 e. The van der Waals surface area contributed by atoms with Crippen molar-refractivity contribution < 1.29 is 24.2 Å². The van der Waals surface area contributed by atoms with Gasteiger partial charge >= 0.3 is 11.9 Å². The molecule has 5 heteroatoms. The first-order valence-corrected chi connectivity index (χ1v) is 9.22. The number of carbonyl (C=O) groups is 3. The Kier molecular flexibility index (Phi) is 9.81. The minimum absolute atomic E-state index is 0.00547. The molecule has 0 amide bonds. The zero-order valence-corrected chi connectivity index (χ0v) is 15.4. The van der Waals surface area contributed by atoms with Crippen LogP contribution in [-0.4, -0.2) is 28.9 Å². The lowest BCUT2D eigenvalue weighted by molar-refractivity contribution is -0.149. The Morgan fingerprint density at radius 3 is 2.60 bits per heavy atom. The smallest absolute Gasteiger partial charge is 0.303 e. The fourth-order valence-corrected chi connectivity index (χ4v) is 3.16. The number of hydrogen-bond acceptors (Lipinski definition) is 4. The largest absolute Gasteiger partial charge is 0.481 e. The Hall–Kier alpha value is -1.91. The van der Waals surface area contributed by atoms with Gasteiger partial charge in [-0.2, -0.15) is 0 Å². The van der Waals surface area contributed by atoms with Crippen molar-refractivity contribution in [3.05, 3.63) is 23.3 Å². The molecule has 1 N–H and O–H groups in total. The summed E-state index contributed by atoms with van der Waals surface area (Å²) in [7, 11) is 0. The SMILES string of the molecule is CC/C=C\CC1=C(CCCC[C@@H](CCC(=O)O)OC(C)=O)CCC1=O. The van der Waals surface area contributed by atoms with E-state index in [0.29, 0.717) is 19.3 Å². The van der Waals surface area contributed by atoms with E-state index in [0.717, 1.165) is 44.1 Å². The Bertz CT molecular complexity index is 530. The summed E-state index contributed by atoms with van der Waals surface area (Å²) in [6.07, 6.45) is 10.7. The van der Waals surface area contributed by atoms with Crippen LogP contribution in [0.25, 0.3) is 0 Å². The zero-order valence-electron chi connectivity index (χ0n) is 15.4. The predicted octanol–water partition coefficient (Wildman–Crippen LogP) is 4.36. The number of Topliss-reactive ketones (excluding diaryl/α,β-unsaturated/α-hetero) is 1. The summed E-state index contributed by atoms with van der Waals surface area (Å²) >= 11 is 0. The van der Waals surface area contributed by atoms with E-state index >= 15 is 0 Å². The second-order valence-electron chi connectivity index (χ2n) is 6.50. The van der Waals surface area contributed by atoms with E-state index in [2.05, 4.69) is 19.1 Å². The highest BCUT2D eigenvalue weighted by atomic mass is 16.5. The Morgan fingerprint density at radius 1 is 1.20 bits per heavy atom. The first kappa shape index (κ1) is 21.1. The fourth-order valence-electron chi connectivity index (χ4n) is 3.16. The molecule has 0 aromatic carbocycles. The molecular weight excluding hydrogens is 320 g/mol. The van der Waals surface area contributed by atoms with E-state index < -0.39 is 5.97 Å². The van der Waals surface area contributed by atoms with Crippen molar-refractivity contribution in [3.8, 4) is 0 Å². The lowest BCUT2D eigenvalue weighted by atomic mass is 9.99. The first-order valence-electron chi connectivity index (χ1n) is 9.22.